The third-order valence-corrected chi connectivity index (χ3v) is 8.36. The molecular formula is C20H33N3O2S. The van der Waals surface area contributed by atoms with E-state index in [4.69, 9.17) is 0 Å². The molecule has 3 atom stereocenters. The Balaban J connectivity index is 1.71. The topological polar surface area (TPSA) is 43.9 Å². The number of likely N-dealkylation sites (tertiary alicyclic amines) is 1. The average molecular weight is 380 g/mol. The zero-order valence-corrected chi connectivity index (χ0v) is 17.2. The third kappa shape index (κ3) is 3.98. The van der Waals surface area contributed by atoms with Crippen LogP contribution in [0.25, 0.3) is 0 Å². The van der Waals surface area contributed by atoms with E-state index in [1.54, 1.807) is 8.61 Å². The molecule has 0 amide bonds. The van der Waals surface area contributed by atoms with Crippen LogP contribution in [0.3, 0.4) is 0 Å². The molecule has 0 N–H and O–H groups in total. The van der Waals surface area contributed by atoms with Gasteiger partial charge in [-0.05, 0) is 38.7 Å². The van der Waals surface area contributed by atoms with Gasteiger partial charge in [0.05, 0.1) is 0 Å². The van der Waals surface area contributed by atoms with Gasteiger partial charge < -0.3 is 0 Å². The molecule has 2 aliphatic rings. The predicted molar refractivity (Wildman–Crippen MR) is 106 cm³/mol. The fraction of sp³-hybridized carbons (Fsp3) is 0.700. The molecule has 1 aromatic carbocycles. The van der Waals surface area contributed by atoms with Crippen LogP contribution in [0.1, 0.15) is 58.1 Å². The highest BCUT2D eigenvalue weighted by Gasteiger charge is 2.40. The number of nitrogens with zero attached hydrogens (tertiary/aromatic N) is 3. The molecule has 0 aromatic heterocycles. The lowest BCUT2D eigenvalue weighted by atomic mass is 10.1. The molecule has 2 fully saturated rings. The van der Waals surface area contributed by atoms with Gasteiger partial charge in [0.15, 0.2) is 0 Å². The Morgan fingerprint density at radius 2 is 1.88 bits per heavy atom. The van der Waals surface area contributed by atoms with Crippen LogP contribution < -0.4 is 0 Å². The van der Waals surface area contributed by atoms with Crippen molar-refractivity contribution in [1.29, 1.82) is 0 Å². The number of piperidine rings is 1. The number of benzene rings is 1. The second-order valence-corrected chi connectivity index (χ2v) is 9.52. The summed E-state index contributed by atoms with van der Waals surface area (Å²) in [6.07, 6.45) is 3.99. The molecule has 0 spiro atoms. The molecule has 0 aliphatic carbocycles. The lowest BCUT2D eigenvalue weighted by molar-refractivity contribution is 0.215. The molecule has 26 heavy (non-hydrogen) atoms. The highest BCUT2D eigenvalue weighted by Crippen LogP contribution is 2.30. The zero-order chi connectivity index (χ0) is 18.7. The summed E-state index contributed by atoms with van der Waals surface area (Å²) in [5.41, 5.74) is 1.30. The van der Waals surface area contributed by atoms with Gasteiger partial charge in [0.25, 0.3) is 10.2 Å². The summed E-state index contributed by atoms with van der Waals surface area (Å²) in [5, 5.41) is 0. The van der Waals surface area contributed by atoms with Crippen LogP contribution in [0.4, 0.5) is 0 Å². The van der Waals surface area contributed by atoms with E-state index < -0.39 is 10.2 Å². The first-order valence-corrected chi connectivity index (χ1v) is 11.4. The van der Waals surface area contributed by atoms with Gasteiger partial charge in [-0.2, -0.15) is 17.0 Å². The van der Waals surface area contributed by atoms with Crippen LogP contribution in [-0.2, 0) is 10.2 Å². The summed E-state index contributed by atoms with van der Waals surface area (Å²) in [4.78, 5) is 2.41. The number of hydrogen-bond donors (Lipinski definition) is 0. The monoisotopic (exact) mass is 379 g/mol. The van der Waals surface area contributed by atoms with Crippen molar-refractivity contribution in [2.75, 3.05) is 26.2 Å². The summed E-state index contributed by atoms with van der Waals surface area (Å²) in [7, 11) is -3.38. The number of likely N-dealkylation sites (N-methyl/N-ethyl adjacent to an activating group) is 1. The highest BCUT2D eigenvalue weighted by atomic mass is 32.2. The molecule has 0 bridgehead atoms. The van der Waals surface area contributed by atoms with Gasteiger partial charge in [-0.15, -0.1) is 0 Å². The first kappa shape index (κ1) is 19.8. The Kier molecular flexibility index (Phi) is 6.38. The molecule has 6 heteroatoms. The van der Waals surface area contributed by atoms with Gasteiger partial charge in [0.1, 0.15) is 0 Å². The Morgan fingerprint density at radius 1 is 1.15 bits per heavy atom. The molecule has 2 saturated heterocycles. The SMILES string of the molecule is CCN(C1CCN(C(C)c2ccccc2)C1)S(=O)(=O)N1CCCCC1C. The summed E-state index contributed by atoms with van der Waals surface area (Å²) < 4.78 is 30.1. The summed E-state index contributed by atoms with van der Waals surface area (Å²) >= 11 is 0. The fourth-order valence-corrected chi connectivity index (χ4v) is 6.52. The van der Waals surface area contributed by atoms with E-state index >= 15 is 0 Å². The quantitative estimate of drug-likeness (QED) is 0.762. The zero-order valence-electron chi connectivity index (χ0n) is 16.3. The molecule has 3 unspecified atom stereocenters. The standard InChI is InChI=1S/C20H33N3O2S/c1-4-22(26(24,25)23-14-9-8-10-17(23)2)20-13-15-21(16-20)18(3)19-11-6-5-7-12-19/h5-7,11-12,17-18,20H,4,8-10,13-16H2,1-3H3. The van der Waals surface area contributed by atoms with Crippen molar-refractivity contribution in [2.24, 2.45) is 0 Å². The summed E-state index contributed by atoms with van der Waals surface area (Å²) in [5.74, 6) is 0. The minimum atomic E-state index is -3.38. The lowest BCUT2D eigenvalue weighted by Crippen LogP contribution is -2.53. The molecule has 2 heterocycles. The highest BCUT2D eigenvalue weighted by molar-refractivity contribution is 7.86. The second-order valence-electron chi connectivity index (χ2n) is 7.69. The molecular weight excluding hydrogens is 346 g/mol. The van der Waals surface area contributed by atoms with E-state index in [9.17, 15) is 8.42 Å². The van der Waals surface area contributed by atoms with E-state index in [-0.39, 0.29) is 12.1 Å². The first-order chi connectivity index (χ1) is 12.4. The Morgan fingerprint density at radius 3 is 2.54 bits per heavy atom. The number of hydrogen-bond acceptors (Lipinski definition) is 3. The van der Waals surface area contributed by atoms with Gasteiger partial charge in [0.2, 0.25) is 0 Å². The van der Waals surface area contributed by atoms with Crippen molar-refractivity contribution >= 4 is 10.2 Å². The van der Waals surface area contributed by atoms with Crippen molar-refractivity contribution in [3.05, 3.63) is 35.9 Å². The maximum atomic E-state index is 13.3. The second kappa shape index (κ2) is 8.38. The van der Waals surface area contributed by atoms with Crippen LogP contribution >= 0.6 is 0 Å². The fourth-order valence-electron chi connectivity index (χ4n) is 4.46. The van der Waals surface area contributed by atoms with Crippen molar-refractivity contribution in [1.82, 2.24) is 13.5 Å². The maximum Gasteiger partial charge on any atom is 0.282 e. The molecule has 0 radical (unpaired) electrons. The van der Waals surface area contributed by atoms with Gasteiger partial charge >= 0.3 is 0 Å². The molecule has 5 nitrogen and oxygen atoms in total. The minimum absolute atomic E-state index is 0.0743. The lowest BCUT2D eigenvalue weighted by Gasteiger charge is -2.38. The Hall–Kier alpha value is -0.950. The van der Waals surface area contributed by atoms with Gasteiger partial charge in [-0.3, -0.25) is 4.90 Å². The van der Waals surface area contributed by atoms with E-state index in [1.165, 1.54) is 5.56 Å². The molecule has 3 rings (SSSR count). The largest absolute Gasteiger partial charge is 0.295 e. The normalized spacial score (nSPS) is 27.1. The van der Waals surface area contributed by atoms with Crippen molar-refractivity contribution in [2.45, 2.75) is 64.6 Å². The summed E-state index contributed by atoms with van der Waals surface area (Å²) in [6.45, 7) is 9.20. The maximum absolute atomic E-state index is 13.3. The number of rotatable bonds is 6. The van der Waals surface area contributed by atoms with E-state index in [0.717, 1.165) is 38.8 Å². The van der Waals surface area contributed by atoms with Crippen LogP contribution in [0, 0.1) is 0 Å². The van der Waals surface area contributed by atoms with Crippen LogP contribution in [0.5, 0.6) is 0 Å². The van der Waals surface area contributed by atoms with Gasteiger partial charge in [-0.1, -0.05) is 43.7 Å². The third-order valence-electron chi connectivity index (χ3n) is 6.08. The molecule has 146 valence electrons. The first-order valence-electron chi connectivity index (χ1n) is 10.0. The van der Waals surface area contributed by atoms with Gasteiger partial charge in [-0.25, -0.2) is 0 Å². The molecule has 1 aromatic rings. The van der Waals surface area contributed by atoms with E-state index in [0.29, 0.717) is 19.1 Å². The van der Waals surface area contributed by atoms with Crippen LogP contribution in [0.2, 0.25) is 0 Å². The average Bonchev–Trinajstić information content (AvgIpc) is 3.12. The van der Waals surface area contributed by atoms with Crippen molar-refractivity contribution in [3.63, 3.8) is 0 Å². The summed E-state index contributed by atoms with van der Waals surface area (Å²) in [6, 6.07) is 11.0. The smallest absolute Gasteiger partial charge is 0.282 e. The Labute approximate surface area is 159 Å². The van der Waals surface area contributed by atoms with Crippen molar-refractivity contribution in [3.8, 4) is 0 Å². The van der Waals surface area contributed by atoms with Crippen LogP contribution in [-0.4, -0.2) is 60.2 Å². The minimum Gasteiger partial charge on any atom is -0.295 e. The predicted octanol–water partition coefficient (Wildman–Crippen LogP) is 3.26. The van der Waals surface area contributed by atoms with Crippen molar-refractivity contribution < 1.29 is 8.42 Å². The Bertz CT molecular complexity index is 680. The van der Waals surface area contributed by atoms with E-state index in [1.807, 2.05) is 19.9 Å². The molecule has 2 aliphatic heterocycles. The van der Waals surface area contributed by atoms with Gasteiger partial charge in [0, 0.05) is 44.3 Å². The molecule has 0 saturated carbocycles. The van der Waals surface area contributed by atoms with Crippen LogP contribution in [0.15, 0.2) is 30.3 Å². The van der Waals surface area contributed by atoms with E-state index in [2.05, 4.69) is 36.1 Å².